The van der Waals surface area contributed by atoms with Gasteiger partial charge in [-0.1, -0.05) is 0 Å². The maximum atomic E-state index is 11.8. The van der Waals surface area contributed by atoms with Crippen molar-refractivity contribution in [3.8, 4) is 0 Å². The summed E-state index contributed by atoms with van der Waals surface area (Å²) in [4.78, 5) is 23.6. The number of hydrogen-bond donors (Lipinski definition) is 0. The van der Waals surface area contributed by atoms with Gasteiger partial charge in [0.15, 0.2) is 0 Å². The predicted octanol–water partition coefficient (Wildman–Crippen LogP) is 0.493. The van der Waals surface area contributed by atoms with Crippen LogP contribution in [0.25, 0.3) is 0 Å². The van der Waals surface area contributed by atoms with Gasteiger partial charge in [0.25, 0.3) is 11.4 Å². The third-order valence-corrected chi connectivity index (χ3v) is 2.98. The molecule has 0 radical (unpaired) electrons. The number of carbonyl (C=O) groups is 2. The van der Waals surface area contributed by atoms with Crippen molar-refractivity contribution in [3.05, 3.63) is 16.6 Å². The summed E-state index contributed by atoms with van der Waals surface area (Å²) in [7, 11) is 0. The predicted molar refractivity (Wildman–Crippen MR) is 49.6 cm³/mol. The largest absolute Gasteiger partial charge is 0.359 e. The number of nitrogens with zero attached hydrogens (tertiary/aromatic N) is 2. The minimum absolute atomic E-state index is 0.0657. The third kappa shape index (κ3) is 1.41. The summed E-state index contributed by atoms with van der Waals surface area (Å²) in [5.74, 6) is -0.733. The van der Waals surface area contributed by atoms with Crippen LogP contribution >= 0.6 is 0 Å². The Hall–Kier alpha value is -1.72. The highest BCUT2D eigenvalue weighted by molar-refractivity contribution is 6.08. The van der Waals surface area contributed by atoms with Gasteiger partial charge in [-0.15, -0.1) is 0 Å². The minimum Gasteiger partial charge on any atom is -0.359 e. The van der Waals surface area contributed by atoms with E-state index in [0.29, 0.717) is 0 Å². The number of rotatable bonds is 4. The molecule has 1 heterocycles. The smallest absolute Gasteiger partial charge is 0.295 e. The lowest BCUT2D eigenvalue weighted by atomic mass is 10.1. The third-order valence-electron chi connectivity index (χ3n) is 2.98. The maximum absolute atomic E-state index is 11.8. The molecule has 2 saturated carbocycles. The van der Waals surface area contributed by atoms with E-state index in [0.717, 1.165) is 25.7 Å². The second kappa shape index (κ2) is 3.13. The molecule has 0 saturated heterocycles. The Balaban J connectivity index is 1.97. The van der Waals surface area contributed by atoms with Crippen molar-refractivity contribution in [1.29, 1.82) is 0 Å². The molecule has 1 aromatic rings. The number of Topliss-reactive ketones (excluding diaryl/α,β-unsaturated/α-hetero) is 2. The van der Waals surface area contributed by atoms with Gasteiger partial charge in [-0.2, -0.15) is 0 Å². The van der Waals surface area contributed by atoms with Gasteiger partial charge in [-0.25, -0.2) is 0 Å². The molecule has 0 atom stereocenters. The fourth-order valence-corrected chi connectivity index (χ4v) is 1.69. The van der Waals surface area contributed by atoms with Crippen LogP contribution in [0, 0.1) is 17.0 Å². The Morgan fingerprint density at radius 2 is 1.75 bits per heavy atom. The number of carbonyl (C=O) groups excluding carboxylic acids is 2. The molecule has 2 aliphatic rings. The van der Waals surface area contributed by atoms with E-state index < -0.39 is 0 Å². The van der Waals surface area contributed by atoms with Gasteiger partial charge in [-0.05, 0) is 30.6 Å². The van der Waals surface area contributed by atoms with Gasteiger partial charge in [0.2, 0.25) is 11.6 Å². The van der Waals surface area contributed by atoms with E-state index in [9.17, 15) is 14.8 Å². The van der Waals surface area contributed by atoms with Crippen LogP contribution < -0.4 is 4.90 Å². The molecule has 0 amide bonds. The first-order valence-corrected chi connectivity index (χ1v) is 5.36. The standard InChI is InChI=1S/C10H10N2O4/c13-9(5-1-2-5)7-8(12(15)16-11-7)10(14)6-3-4-6/h5-6H,1-4H2. The first-order valence-electron chi connectivity index (χ1n) is 5.36. The van der Waals surface area contributed by atoms with Crippen molar-refractivity contribution >= 4 is 11.6 Å². The van der Waals surface area contributed by atoms with E-state index in [4.69, 9.17) is 0 Å². The number of aromatic nitrogens is 2. The molecular formula is C10H10N2O4. The van der Waals surface area contributed by atoms with Gasteiger partial charge >= 0.3 is 0 Å². The maximum Gasteiger partial charge on any atom is 0.295 e. The van der Waals surface area contributed by atoms with E-state index in [-0.39, 0.29) is 39.7 Å². The SMILES string of the molecule is O=C(c1no[n+]([O-])c1C(=O)C1CC1)C1CC1. The summed E-state index contributed by atoms with van der Waals surface area (Å²) in [6.07, 6.45) is 3.17. The molecule has 0 bridgehead atoms. The highest BCUT2D eigenvalue weighted by atomic mass is 16.8. The molecule has 2 aliphatic carbocycles. The molecule has 0 aliphatic heterocycles. The summed E-state index contributed by atoms with van der Waals surface area (Å²) in [5.41, 5.74) is -0.270. The van der Waals surface area contributed by atoms with E-state index in [1.807, 2.05) is 0 Å². The first-order chi connectivity index (χ1) is 7.68. The van der Waals surface area contributed by atoms with Crippen LogP contribution in [0.1, 0.15) is 46.7 Å². The molecule has 3 rings (SSSR count). The zero-order valence-electron chi connectivity index (χ0n) is 8.51. The van der Waals surface area contributed by atoms with Crippen molar-refractivity contribution in [3.63, 3.8) is 0 Å². The molecule has 2 fully saturated rings. The van der Waals surface area contributed by atoms with Crippen molar-refractivity contribution in [2.24, 2.45) is 11.8 Å². The zero-order chi connectivity index (χ0) is 11.3. The average Bonchev–Trinajstić information content (AvgIpc) is 3.14. The van der Waals surface area contributed by atoms with Crippen LogP contribution in [0.4, 0.5) is 0 Å². The Morgan fingerprint density at radius 1 is 1.19 bits per heavy atom. The quantitative estimate of drug-likeness (QED) is 0.546. The molecule has 16 heavy (non-hydrogen) atoms. The molecule has 0 spiro atoms. The molecule has 0 aromatic carbocycles. The van der Waals surface area contributed by atoms with Gasteiger partial charge in [0.1, 0.15) is 0 Å². The zero-order valence-corrected chi connectivity index (χ0v) is 8.51. The fraction of sp³-hybridized carbons (Fsp3) is 0.600. The second-order valence-electron chi connectivity index (χ2n) is 4.40. The molecule has 6 nitrogen and oxygen atoms in total. The summed E-state index contributed by atoms with van der Waals surface area (Å²) in [6, 6.07) is 0. The molecule has 84 valence electrons. The summed E-state index contributed by atoms with van der Waals surface area (Å²) in [6.45, 7) is 0. The Kier molecular flexibility index (Phi) is 1.86. The monoisotopic (exact) mass is 222 g/mol. The number of ketones is 2. The lowest BCUT2D eigenvalue weighted by molar-refractivity contribution is -0.803. The van der Waals surface area contributed by atoms with Crippen LogP contribution in [-0.4, -0.2) is 16.7 Å². The van der Waals surface area contributed by atoms with Crippen LogP contribution in [0.15, 0.2) is 4.63 Å². The molecule has 0 unspecified atom stereocenters. The topological polar surface area (TPSA) is 87.1 Å². The Bertz CT molecular complexity index is 471. The Morgan fingerprint density at radius 3 is 2.31 bits per heavy atom. The molecule has 0 N–H and O–H groups in total. The van der Waals surface area contributed by atoms with Crippen molar-refractivity contribution in [2.75, 3.05) is 0 Å². The molecular weight excluding hydrogens is 212 g/mol. The van der Waals surface area contributed by atoms with E-state index >= 15 is 0 Å². The normalized spacial score (nSPS) is 19.8. The second-order valence-corrected chi connectivity index (χ2v) is 4.40. The summed E-state index contributed by atoms with van der Waals surface area (Å²) < 4.78 is 4.36. The molecule has 6 heteroatoms. The fourth-order valence-electron chi connectivity index (χ4n) is 1.69. The Labute approximate surface area is 90.8 Å². The van der Waals surface area contributed by atoms with E-state index in [2.05, 4.69) is 9.79 Å². The summed E-state index contributed by atoms with van der Waals surface area (Å²) in [5, 5.41) is 14.7. The lowest BCUT2D eigenvalue weighted by Crippen LogP contribution is -2.33. The van der Waals surface area contributed by atoms with E-state index in [1.165, 1.54) is 0 Å². The van der Waals surface area contributed by atoms with Crippen molar-refractivity contribution in [1.82, 2.24) is 5.16 Å². The molecule has 1 aromatic heterocycles. The van der Waals surface area contributed by atoms with Gasteiger partial charge in [0, 0.05) is 11.8 Å². The first kappa shape index (κ1) is 9.50. The van der Waals surface area contributed by atoms with Crippen LogP contribution in [0.2, 0.25) is 0 Å². The number of hydrogen-bond acceptors (Lipinski definition) is 5. The van der Waals surface area contributed by atoms with E-state index in [1.54, 1.807) is 0 Å². The van der Waals surface area contributed by atoms with Gasteiger partial charge in [0.05, 0.1) is 5.16 Å². The van der Waals surface area contributed by atoms with Crippen LogP contribution in [0.5, 0.6) is 0 Å². The van der Waals surface area contributed by atoms with Gasteiger partial charge in [-0.3, -0.25) is 14.2 Å². The van der Waals surface area contributed by atoms with Crippen molar-refractivity contribution in [2.45, 2.75) is 25.7 Å². The van der Waals surface area contributed by atoms with Crippen molar-refractivity contribution < 1.29 is 19.1 Å². The highest BCUT2D eigenvalue weighted by Crippen LogP contribution is 2.35. The van der Waals surface area contributed by atoms with Crippen LogP contribution in [-0.2, 0) is 0 Å². The van der Waals surface area contributed by atoms with Gasteiger partial charge < -0.3 is 5.21 Å². The lowest BCUT2D eigenvalue weighted by Gasteiger charge is -1.94. The van der Waals surface area contributed by atoms with Crippen LogP contribution in [0.3, 0.4) is 0 Å². The average molecular weight is 222 g/mol. The highest BCUT2D eigenvalue weighted by Gasteiger charge is 2.44. The minimum atomic E-state index is -0.305. The summed E-state index contributed by atoms with van der Waals surface area (Å²) >= 11 is 0.